The number of nitrogens with one attached hydrogen (secondary N) is 1. The lowest BCUT2D eigenvalue weighted by atomic mass is 10.3. The fourth-order valence-corrected chi connectivity index (χ4v) is 1.61. The first-order chi connectivity index (χ1) is 6.27. The summed E-state index contributed by atoms with van der Waals surface area (Å²) in [7, 11) is -3.07. The maximum atomic E-state index is 11.3. The molecule has 0 radical (unpaired) electrons. The van der Waals surface area contributed by atoms with Gasteiger partial charge in [-0.2, -0.15) is 0 Å². The highest BCUT2D eigenvalue weighted by molar-refractivity contribution is 7.92. The number of carboxylic acid groups (broad SMARTS) is 1. The van der Waals surface area contributed by atoms with Crippen molar-refractivity contribution in [2.75, 3.05) is 12.3 Å². The third-order valence-electron chi connectivity index (χ3n) is 1.93. The topological polar surface area (TPSA) is 83.5 Å². The molecule has 0 bridgehead atoms. The Morgan fingerprint density at radius 3 is 2.21 bits per heavy atom. The number of carboxylic acids is 1. The lowest BCUT2D eigenvalue weighted by Crippen LogP contribution is -2.37. The van der Waals surface area contributed by atoms with Gasteiger partial charge in [0.2, 0.25) is 0 Å². The van der Waals surface area contributed by atoms with E-state index in [0.29, 0.717) is 0 Å². The Morgan fingerprint density at radius 1 is 1.36 bits per heavy atom. The van der Waals surface area contributed by atoms with Crippen molar-refractivity contribution in [1.82, 2.24) is 5.32 Å². The fraction of sp³-hybridized carbons (Fsp3) is 0.875. The first kappa shape index (κ1) is 13.4. The molecule has 0 saturated heterocycles. The molecule has 0 aliphatic heterocycles. The monoisotopic (exact) mass is 223 g/mol. The van der Waals surface area contributed by atoms with Crippen LogP contribution in [0.5, 0.6) is 0 Å². The Balaban J connectivity index is 3.92. The highest BCUT2D eigenvalue weighted by Crippen LogP contribution is 1.99. The molecule has 0 fully saturated rings. The largest absolute Gasteiger partial charge is 0.480 e. The van der Waals surface area contributed by atoms with Crippen LogP contribution in [0.1, 0.15) is 20.8 Å². The van der Waals surface area contributed by atoms with Crippen LogP contribution in [0.4, 0.5) is 0 Å². The van der Waals surface area contributed by atoms with Crippen LogP contribution in [0.15, 0.2) is 0 Å². The number of sulfone groups is 1. The van der Waals surface area contributed by atoms with Gasteiger partial charge in [-0.05, 0) is 20.8 Å². The summed E-state index contributed by atoms with van der Waals surface area (Å²) in [4.78, 5) is 10.4. The SMILES string of the molecule is CC(C)S(=O)(=O)CCN[C@H](C)C(=O)O. The Kier molecular flexibility index (Phi) is 5.07. The van der Waals surface area contributed by atoms with E-state index >= 15 is 0 Å². The maximum absolute atomic E-state index is 11.3. The lowest BCUT2D eigenvalue weighted by Gasteiger charge is -2.10. The van der Waals surface area contributed by atoms with Crippen LogP contribution in [0, 0.1) is 0 Å². The van der Waals surface area contributed by atoms with E-state index in [9.17, 15) is 13.2 Å². The zero-order valence-corrected chi connectivity index (χ0v) is 9.47. The average Bonchev–Trinajstić information content (AvgIpc) is 2.03. The van der Waals surface area contributed by atoms with Gasteiger partial charge >= 0.3 is 5.97 Å². The molecule has 84 valence electrons. The maximum Gasteiger partial charge on any atom is 0.320 e. The molecule has 0 amide bonds. The second kappa shape index (κ2) is 5.31. The highest BCUT2D eigenvalue weighted by atomic mass is 32.2. The average molecular weight is 223 g/mol. The van der Waals surface area contributed by atoms with E-state index in [1.807, 2.05) is 0 Å². The van der Waals surface area contributed by atoms with Gasteiger partial charge in [0.25, 0.3) is 0 Å². The first-order valence-electron chi connectivity index (χ1n) is 4.45. The summed E-state index contributed by atoms with van der Waals surface area (Å²) < 4.78 is 22.6. The number of hydrogen-bond donors (Lipinski definition) is 2. The van der Waals surface area contributed by atoms with Crippen molar-refractivity contribution in [2.24, 2.45) is 0 Å². The van der Waals surface area contributed by atoms with E-state index in [2.05, 4.69) is 5.32 Å². The molecule has 0 aliphatic rings. The van der Waals surface area contributed by atoms with Crippen molar-refractivity contribution in [1.29, 1.82) is 0 Å². The summed E-state index contributed by atoms with van der Waals surface area (Å²) in [6, 6.07) is -0.711. The van der Waals surface area contributed by atoms with Crippen molar-refractivity contribution in [3.63, 3.8) is 0 Å². The molecule has 14 heavy (non-hydrogen) atoms. The Labute approximate surface area is 84.4 Å². The third-order valence-corrected chi connectivity index (χ3v) is 4.14. The molecular weight excluding hydrogens is 206 g/mol. The minimum atomic E-state index is -3.07. The Bertz CT molecular complexity index is 284. The fourth-order valence-electron chi connectivity index (χ4n) is 0.741. The predicted octanol–water partition coefficient (Wildman–Crippen LogP) is -0.128. The molecule has 0 saturated carbocycles. The second-order valence-corrected chi connectivity index (χ2v) is 6.11. The third kappa shape index (κ3) is 4.57. The van der Waals surface area contributed by atoms with E-state index in [4.69, 9.17) is 5.11 Å². The zero-order chi connectivity index (χ0) is 11.4. The Hall–Kier alpha value is -0.620. The minimum absolute atomic E-state index is 0.0255. The van der Waals surface area contributed by atoms with E-state index in [0.717, 1.165) is 0 Å². The number of aliphatic carboxylic acids is 1. The van der Waals surface area contributed by atoms with Crippen LogP contribution in [0.2, 0.25) is 0 Å². The Morgan fingerprint density at radius 2 is 1.86 bits per heavy atom. The molecule has 0 aliphatic carbocycles. The van der Waals surface area contributed by atoms with Crippen LogP contribution < -0.4 is 5.32 Å². The summed E-state index contributed by atoms with van der Waals surface area (Å²) in [6.45, 7) is 4.87. The molecule has 2 N–H and O–H groups in total. The van der Waals surface area contributed by atoms with Gasteiger partial charge in [0.05, 0.1) is 11.0 Å². The summed E-state index contributed by atoms with van der Waals surface area (Å²) in [5.74, 6) is -1.01. The van der Waals surface area contributed by atoms with E-state index in [1.54, 1.807) is 13.8 Å². The molecule has 6 heteroatoms. The lowest BCUT2D eigenvalue weighted by molar-refractivity contribution is -0.138. The second-order valence-electron chi connectivity index (χ2n) is 3.43. The van der Waals surface area contributed by atoms with Crippen LogP contribution in [-0.4, -0.2) is 43.1 Å². The predicted molar refractivity (Wildman–Crippen MR) is 54.0 cm³/mol. The quantitative estimate of drug-likeness (QED) is 0.655. The van der Waals surface area contributed by atoms with Gasteiger partial charge in [-0.1, -0.05) is 0 Å². The molecule has 0 rings (SSSR count). The standard InChI is InChI=1S/C8H17NO4S/c1-6(2)14(12,13)5-4-9-7(3)8(10)11/h6-7,9H,4-5H2,1-3H3,(H,10,11)/t7-/m1/s1. The summed E-state index contributed by atoms with van der Waals surface area (Å²) in [5, 5.41) is 10.7. The van der Waals surface area contributed by atoms with Crippen molar-refractivity contribution in [3.8, 4) is 0 Å². The van der Waals surface area contributed by atoms with Gasteiger partial charge in [0.1, 0.15) is 6.04 Å². The van der Waals surface area contributed by atoms with Crippen molar-refractivity contribution in [2.45, 2.75) is 32.1 Å². The summed E-state index contributed by atoms with van der Waals surface area (Å²) in [5.41, 5.74) is 0. The smallest absolute Gasteiger partial charge is 0.320 e. The number of rotatable bonds is 6. The summed E-state index contributed by atoms with van der Waals surface area (Å²) >= 11 is 0. The molecule has 0 heterocycles. The van der Waals surface area contributed by atoms with Crippen LogP contribution >= 0.6 is 0 Å². The molecule has 0 aromatic heterocycles. The van der Waals surface area contributed by atoms with Gasteiger partial charge in [0, 0.05) is 6.54 Å². The molecule has 0 aromatic rings. The van der Waals surface area contributed by atoms with E-state index < -0.39 is 27.1 Å². The molecular formula is C8H17NO4S. The van der Waals surface area contributed by atoms with E-state index in [-0.39, 0.29) is 12.3 Å². The molecule has 1 atom stereocenters. The van der Waals surface area contributed by atoms with Crippen LogP contribution in [0.3, 0.4) is 0 Å². The van der Waals surface area contributed by atoms with Gasteiger partial charge in [-0.15, -0.1) is 0 Å². The van der Waals surface area contributed by atoms with Gasteiger partial charge < -0.3 is 10.4 Å². The van der Waals surface area contributed by atoms with Gasteiger partial charge in [-0.25, -0.2) is 8.42 Å². The van der Waals surface area contributed by atoms with Gasteiger partial charge in [0.15, 0.2) is 9.84 Å². The molecule has 0 unspecified atom stereocenters. The normalized spacial score (nSPS) is 14.3. The van der Waals surface area contributed by atoms with E-state index in [1.165, 1.54) is 6.92 Å². The van der Waals surface area contributed by atoms with Gasteiger partial charge in [-0.3, -0.25) is 4.79 Å². The van der Waals surface area contributed by atoms with Crippen LogP contribution in [0.25, 0.3) is 0 Å². The minimum Gasteiger partial charge on any atom is -0.480 e. The highest BCUT2D eigenvalue weighted by Gasteiger charge is 2.17. The van der Waals surface area contributed by atoms with Crippen molar-refractivity contribution >= 4 is 15.8 Å². The summed E-state index contributed by atoms with van der Waals surface area (Å²) in [6.07, 6.45) is 0. The van der Waals surface area contributed by atoms with Crippen molar-refractivity contribution < 1.29 is 18.3 Å². The molecule has 0 aromatic carbocycles. The number of hydrogen-bond acceptors (Lipinski definition) is 4. The first-order valence-corrected chi connectivity index (χ1v) is 6.16. The molecule has 0 spiro atoms. The zero-order valence-electron chi connectivity index (χ0n) is 8.65. The van der Waals surface area contributed by atoms with Crippen LogP contribution in [-0.2, 0) is 14.6 Å². The van der Waals surface area contributed by atoms with Crippen molar-refractivity contribution in [3.05, 3.63) is 0 Å². The molecule has 5 nitrogen and oxygen atoms in total. The number of carbonyl (C=O) groups is 1.